The second kappa shape index (κ2) is 6.17. The third-order valence-electron chi connectivity index (χ3n) is 3.06. The van der Waals surface area contributed by atoms with Crippen LogP contribution in [0.1, 0.15) is 15.2 Å². The van der Waals surface area contributed by atoms with E-state index in [1.54, 1.807) is 24.3 Å². The molecule has 1 amide bonds. The van der Waals surface area contributed by atoms with Gasteiger partial charge in [0.25, 0.3) is 5.91 Å². The summed E-state index contributed by atoms with van der Waals surface area (Å²) in [6.07, 6.45) is 1.43. The van der Waals surface area contributed by atoms with E-state index < -0.39 is 5.91 Å². The number of carbonyl (C=O) groups is 1. The van der Waals surface area contributed by atoms with Crippen LogP contribution in [-0.2, 0) is 0 Å². The van der Waals surface area contributed by atoms with E-state index in [-0.39, 0.29) is 5.75 Å². The molecule has 6 heteroatoms. The van der Waals surface area contributed by atoms with E-state index in [1.807, 2.05) is 24.3 Å². The number of rotatable bonds is 3. The molecule has 22 heavy (non-hydrogen) atoms. The van der Waals surface area contributed by atoms with E-state index in [1.165, 1.54) is 17.6 Å². The maximum Gasteiger partial charge on any atom is 0.272 e. The van der Waals surface area contributed by atoms with E-state index in [2.05, 4.69) is 10.5 Å². The number of hydrazone groups is 1. The number of benzene rings is 2. The summed E-state index contributed by atoms with van der Waals surface area (Å²) in [7, 11) is 0. The van der Waals surface area contributed by atoms with Crippen molar-refractivity contribution in [3.63, 3.8) is 0 Å². The van der Waals surface area contributed by atoms with Gasteiger partial charge in [0, 0.05) is 10.1 Å². The summed E-state index contributed by atoms with van der Waals surface area (Å²) in [4.78, 5) is 12.5. The minimum absolute atomic E-state index is 0.163. The van der Waals surface area contributed by atoms with Crippen molar-refractivity contribution >= 4 is 45.1 Å². The van der Waals surface area contributed by atoms with Crippen LogP contribution in [0.3, 0.4) is 0 Å². The Labute approximate surface area is 135 Å². The highest BCUT2D eigenvalue weighted by Gasteiger charge is 2.10. The predicted octanol–water partition coefficient (Wildman–Crippen LogP) is 4.02. The largest absolute Gasteiger partial charge is 0.506 e. The zero-order chi connectivity index (χ0) is 15.5. The Balaban J connectivity index is 1.78. The molecule has 0 atom stereocenters. The van der Waals surface area contributed by atoms with Crippen LogP contribution in [0.2, 0.25) is 5.02 Å². The Hall–Kier alpha value is -2.37. The zero-order valence-electron chi connectivity index (χ0n) is 11.3. The Morgan fingerprint density at radius 1 is 1.18 bits per heavy atom. The fraction of sp³-hybridized carbons (Fsp3) is 0. The molecule has 110 valence electrons. The van der Waals surface area contributed by atoms with Crippen LogP contribution >= 0.6 is 22.9 Å². The predicted molar refractivity (Wildman–Crippen MR) is 90.0 cm³/mol. The van der Waals surface area contributed by atoms with Crippen LogP contribution in [0, 0.1) is 0 Å². The van der Waals surface area contributed by atoms with E-state index in [4.69, 9.17) is 11.6 Å². The van der Waals surface area contributed by atoms with Crippen molar-refractivity contribution in [3.8, 4) is 5.75 Å². The highest BCUT2D eigenvalue weighted by Crippen LogP contribution is 2.35. The van der Waals surface area contributed by atoms with Crippen LogP contribution in [-0.4, -0.2) is 17.2 Å². The van der Waals surface area contributed by atoms with Gasteiger partial charge in [-0.05, 0) is 24.3 Å². The van der Waals surface area contributed by atoms with Crippen LogP contribution < -0.4 is 5.43 Å². The molecule has 0 aliphatic rings. The number of hydrogen-bond acceptors (Lipinski definition) is 4. The molecule has 0 fully saturated rings. The molecule has 0 radical (unpaired) electrons. The maximum atomic E-state index is 11.9. The van der Waals surface area contributed by atoms with Crippen molar-refractivity contribution in [3.05, 3.63) is 64.0 Å². The Morgan fingerprint density at radius 3 is 2.68 bits per heavy atom. The van der Waals surface area contributed by atoms with Gasteiger partial charge in [-0.2, -0.15) is 5.10 Å². The van der Waals surface area contributed by atoms with Crippen LogP contribution in [0.4, 0.5) is 0 Å². The molecule has 3 rings (SSSR count). The van der Waals surface area contributed by atoms with Gasteiger partial charge in [0.2, 0.25) is 0 Å². The first-order chi connectivity index (χ1) is 10.7. The number of nitrogens with zero attached hydrogens (tertiary/aromatic N) is 1. The van der Waals surface area contributed by atoms with Gasteiger partial charge in [-0.25, -0.2) is 5.43 Å². The summed E-state index contributed by atoms with van der Waals surface area (Å²) < 4.78 is 0.957. The zero-order valence-corrected chi connectivity index (χ0v) is 12.9. The summed E-state index contributed by atoms with van der Waals surface area (Å²) in [5.74, 6) is -0.237. The Kier molecular flexibility index (Phi) is 4.09. The number of aromatic hydroxyl groups is 1. The van der Waals surface area contributed by atoms with Gasteiger partial charge >= 0.3 is 0 Å². The average Bonchev–Trinajstić information content (AvgIpc) is 2.84. The molecule has 3 aromatic rings. The average molecular weight is 331 g/mol. The SMILES string of the molecule is O=C(N/N=C/c1sc2ccccc2c1O)c1ccccc1Cl. The summed E-state index contributed by atoms with van der Waals surface area (Å²) >= 11 is 7.34. The lowest BCUT2D eigenvalue weighted by atomic mass is 10.2. The third kappa shape index (κ3) is 2.81. The molecular weight excluding hydrogens is 320 g/mol. The lowest BCUT2D eigenvalue weighted by Gasteiger charge is -2.01. The molecule has 0 bridgehead atoms. The van der Waals surface area contributed by atoms with Gasteiger partial charge in [-0.3, -0.25) is 4.79 Å². The highest BCUT2D eigenvalue weighted by atomic mass is 35.5. The Bertz CT molecular complexity index is 873. The van der Waals surface area contributed by atoms with Crippen molar-refractivity contribution in [1.82, 2.24) is 5.43 Å². The third-order valence-corrected chi connectivity index (χ3v) is 4.49. The number of halogens is 1. The first kappa shape index (κ1) is 14.6. The number of thiophene rings is 1. The summed E-state index contributed by atoms with van der Waals surface area (Å²) in [6.45, 7) is 0. The topological polar surface area (TPSA) is 61.7 Å². The van der Waals surface area contributed by atoms with Crippen LogP contribution in [0.5, 0.6) is 5.75 Å². The number of carbonyl (C=O) groups excluding carboxylic acids is 1. The summed E-state index contributed by atoms with van der Waals surface area (Å²) in [5.41, 5.74) is 2.75. The molecule has 0 saturated heterocycles. The van der Waals surface area contributed by atoms with Crippen molar-refractivity contribution in [1.29, 1.82) is 0 Å². The molecular formula is C16H11ClN2O2S. The number of amides is 1. The van der Waals surface area contributed by atoms with Gasteiger partial charge in [0.1, 0.15) is 5.75 Å². The molecule has 1 heterocycles. The first-order valence-corrected chi connectivity index (χ1v) is 7.64. The van der Waals surface area contributed by atoms with Crippen molar-refractivity contribution in [2.75, 3.05) is 0 Å². The molecule has 0 aliphatic heterocycles. The van der Waals surface area contributed by atoms with E-state index in [0.29, 0.717) is 15.5 Å². The summed E-state index contributed by atoms with van der Waals surface area (Å²) in [6, 6.07) is 14.2. The van der Waals surface area contributed by atoms with Gasteiger partial charge in [-0.15, -0.1) is 11.3 Å². The molecule has 2 N–H and O–H groups in total. The van der Waals surface area contributed by atoms with Gasteiger partial charge in [0.05, 0.1) is 21.7 Å². The molecule has 0 unspecified atom stereocenters. The first-order valence-electron chi connectivity index (χ1n) is 6.45. The van der Waals surface area contributed by atoms with Gasteiger partial charge < -0.3 is 5.11 Å². The monoisotopic (exact) mass is 330 g/mol. The van der Waals surface area contributed by atoms with Crippen molar-refractivity contribution in [2.45, 2.75) is 0 Å². The van der Waals surface area contributed by atoms with Crippen molar-refractivity contribution < 1.29 is 9.90 Å². The maximum absolute atomic E-state index is 11.9. The second-order valence-corrected chi connectivity index (χ2v) is 5.98. The lowest BCUT2D eigenvalue weighted by Crippen LogP contribution is -2.17. The van der Waals surface area contributed by atoms with Crippen LogP contribution in [0.15, 0.2) is 53.6 Å². The second-order valence-electron chi connectivity index (χ2n) is 4.49. The minimum Gasteiger partial charge on any atom is -0.506 e. The smallest absolute Gasteiger partial charge is 0.272 e. The molecule has 0 saturated carbocycles. The molecule has 0 spiro atoms. The highest BCUT2D eigenvalue weighted by molar-refractivity contribution is 7.21. The standard InChI is InChI=1S/C16H11ClN2O2S/c17-12-7-3-1-5-10(12)16(21)19-18-9-14-15(20)11-6-2-4-8-13(11)22-14/h1-9,20H,(H,19,21)/b18-9+. The summed E-state index contributed by atoms with van der Waals surface area (Å²) in [5, 5.41) is 15.1. The molecule has 4 nitrogen and oxygen atoms in total. The van der Waals surface area contributed by atoms with Crippen molar-refractivity contribution in [2.24, 2.45) is 5.10 Å². The molecule has 2 aromatic carbocycles. The normalized spacial score (nSPS) is 11.1. The van der Waals surface area contributed by atoms with E-state index >= 15 is 0 Å². The number of fused-ring (bicyclic) bond motifs is 1. The Morgan fingerprint density at radius 2 is 1.91 bits per heavy atom. The number of hydrogen-bond donors (Lipinski definition) is 2. The van der Waals surface area contributed by atoms with E-state index in [0.717, 1.165) is 10.1 Å². The van der Waals surface area contributed by atoms with E-state index in [9.17, 15) is 9.90 Å². The minimum atomic E-state index is -0.401. The fourth-order valence-electron chi connectivity index (χ4n) is 1.99. The number of nitrogens with one attached hydrogen (secondary N) is 1. The molecule has 1 aromatic heterocycles. The lowest BCUT2D eigenvalue weighted by molar-refractivity contribution is 0.0955. The fourth-order valence-corrected chi connectivity index (χ4v) is 3.19. The molecule has 0 aliphatic carbocycles. The quantitative estimate of drug-likeness (QED) is 0.562. The van der Waals surface area contributed by atoms with Crippen LogP contribution in [0.25, 0.3) is 10.1 Å². The van der Waals surface area contributed by atoms with Gasteiger partial charge in [0.15, 0.2) is 0 Å². The van der Waals surface area contributed by atoms with Gasteiger partial charge in [-0.1, -0.05) is 35.9 Å².